The maximum Gasteiger partial charge on any atom is 0.270 e. The minimum absolute atomic E-state index is 0.111. The van der Waals surface area contributed by atoms with E-state index in [-0.39, 0.29) is 29.4 Å². The summed E-state index contributed by atoms with van der Waals surface area (Å²) < 4.78 is 5.44. The summed E-state index contributed by atoms with van der Waals surface area (Å²) in [6.07, 6.45) is 0.505. The number of benzene rings is 2. The fourth-order valence-corrected chi connectivity index (χ4v) is 1.68. The predicted octanol–water partition coefficient (Wildman–Crippen LogP) is 2.69. The summed E-state index contributed by atoms with van der Waals surface area (Å²) in [4.78, 5) is 21.0. The molecule has 0 aromatic heterocycles. The first-order chi connectivity index (χ1) is 9.60. The summed E-state index contributed by atoms with van der Waals surface area (Å²) >= 11 is 0. The van der Waals surface area contributed by atoms with Crippen LogP contribution in [0.2, 0.25) is 0 Å². The van der Waals surface area contributed by atoms with Gasteiger partial charge in [-0.1, -0.05) is 12.1 Å². The minimum Gasteiger partial charge on any atom is -0.508 e. The average Bonchev–Trinajstić information content (AvgIpc) is 2.45. The van der Waals surface area contributed by atoms with Gasteiger partial charge in [-0.25, -0.2) is 0 Å². The second-order valence-corrected chi connectivity index (χ2v) is 4.06. The first-order valence-electron chi connectivity index (χ1n) is 5.74. The molecule has 0 aliphatic rings. The Hall–Kier alpha value is -2.89. The molecule has 0 aliphatic carbocycles. The second kappa shape index (κ2) is 5.83. The van der Waals surface area contributed by atoms with E-state index in [0.717, 1.165) is 11.6 Å². The van der Waals surface area contributed by atoms with Crippen LogP contribution in [0.4, 0.5) is 5.69 Å². The van der Waals surface area contributed by atoms with E-state index in [4.69, 9.17) is 4.74 Å². The highest BCUT2D eigenvalue weighted by Crippen LogP contribution is 2.24. The van der Waals surface area contributed by atoms with Crippen molar-refractivity contribution < 1.29 is 19.6 Å². The molecule has 0 aliphatic heterocycles. The van der Waals surface area contributed by atoms with E-state index in [9.17, 15) is 20.0 Å². The lowest BCUT2D eigenvalue weighted by atomic mass is 10.2. The average molecular weight is 273 g/mol. The molecule has 0 saturated carbocycles. The van der Waals surface area contributed by atoms with Crippen molar-refractivity contribution in [3.8, 4) is 11.5 Å². The number of carbonyl (C=O) groups is 1. The van der Waals surface area contributed by atoms with Crippen molar-refractivity contribution in [1.29, 1.82) is 0 Å². The number of aldehydes is 1. The van der Waals surface area contributed by atoms with E-state index in [1.807, 2.05) is 0 Å². The second-order valence-electron chi connectivity index (χ2n) is 4.06. The van der Waals surface area contributed by atoms with Gasteiger partial charge in [0.1, 0.15) is 18.1 Å². The molecule has 20 heavy (non-hydrogen) atoms. The Bertz CT molecular complexity index is 654. The van der Waals surface area contributed by atoms with Crippen LogP contribution in [0.25, 0.3) is 0 Å². The van der Waals surface area contributed by atoms with Gasteiger partial charge in [0, 0.05) is 12.1 Å². The Labute approximate surface area is 114 Å². The van der Waals surface area contributed by atoms with Gasteiger partial charge in [-0.2, -0.15) is 0 Å². The molecule has 2 aromatic carbocycles. The summed E-state index contributed by atoms with van der Waals surface area (Å²) in [5, 5.41) is 19.9. The molecule has 6 nitrogen and oxygen atoms in total. The number of phenols is 1. The van der Waals surface area contributed by atoms with Crippen molar-refractivity contribution in [2.24, 2.45) is 0 Å². The van der Waals surface area contributed by atoms with Crippen molar-refractivity contribution in [2.75, 3.05) is 0 Å². The summed E-state index contributed by atoms with van der Waals surface area (Å²) in [5.41, 5.74) is 0.663. The van der Waals surface area contributed by atoms with Crippen LogP contribution in [0, 0.1) is 10.1 Å². The summed E-state index contributed by atoms with van der Waals surface area (Å²) in [5.74, 6) is 0.374. The summed E-state index contributed by atoms with van der Waals surface area (Å²) in [7, 11) is 0. The van der Waals surface area contributed by atoms with Crippen molar-refractivity contribution in [1.82, 2.24) is 0 Å². The Morgan fingerprint density at radius 1 is 1.25 bits per heavy atom. The molecular formula is C14H11NO5. The van der Waals surface area contributed by atoms with Crippen LogP contribution in [0.5, 0.6) is 11.5 Å². The first kappa shape index (κ1) is 13.5. The highest BCUT2D eigenvalue weighted by Gasteiger charge is 2.11. The molecule has 0 radical (unpaired) electrons. The van der Waals surface area contributed by atoms with Crippen LogP contribution in [0.1, 0.15) is 15.9 Å². The number of rotatable bonds is 5. The zero-order chi connectivity index (χ0) is 14.5. The van der Waals surface area contributed by atoms with Crippen molar-refractivity contribution >= 4 is 12.0 Å². The van der Waals surface area contributed by atoms with Gasteiger partial charge in [-0.15, -0.1) is 0 Å². The number of hydrogen-bond donors (Lipinski definition) is 1. The number of nitro benzene ring substituents is 1. The lowest BCUT2D eigenvalue weighted by Crippen LogP contribution is -1.99. The minimum atomic E-state index is -0.577. The van der Waals surface area contributed by atoms with Crippen LogP contribution in [0.3, 0.4) is 0 Å². The third-order valence-corrected chi connectivity index (χ3v) is 2.64. The first-order valence-corrected chi connectivity index (χ1v) is 5.74. The van der Waals surface area contributed by atoms with Crippen LogP contribution in [-0.4, -0.2) is 16.3 Å². The number of nitrogens with zero attached hydrogens (tertiary/aromatic N) is 1. The van der Waals surface area contributed by atoms with E-state index < -0.39 is 4.92 Å². The molecule has 102 valence electrons. The van der Waals surface area contributed by atoms with E-state index >= 15 is 0 Å². The molecule has 2 rings (SSSR count). The fourth-order valence-electron chi connectivity index (χ4n) is 1.68. The Kier molecular flexibility index (Phi) is 3.95. The number of aromatic hydroxyl groups is 1. The number of ether oxygens (including phenoxy) is 1. The lowest BCUT2D eigenvalue weighted by Gasteiger charge is -2.08. The van der Waals surface area contributed by atoms with Gasteiger partial charge in [0.05, 0.1) is 10.5 Å². The van der Waals surface area contributed by atoms with Crippen LogP contribution < -0.4 is 4.74 Å². The number of hydrogen-bond acceptors (Lipinski definition) is 5. The number of phenolic OH excluding ortho intramolecular Hbond substituents is 1. The number of nitro groups is 1. The molecule has 6 heteroatoms. The van der Waals surface area contributed by atoms with E-state index in [1.165, 1.54) is 24.3 Å². The van der Waals surface area contributed by atoms with Gasteiger partial charge >= 0.3 is 0 Å². The van der Waals surface area contributed by atoms with Gasteiger partial charge in [0.2, 0.25) is 0 Å². The monoisotopic (exact) mass is 273 g/mol. The van der Waals surface area contributed by atoms with Crippen molar-refractivity contribution in [3.63, 3.8) is 0 Å². The molecule has 0 heterocycles. The normalized spacial score (nSPS) is 10.0. The maximum atomic E-state index is 10.9. The van der Waals surface area contributed by atoms with Gasteiger partial charge in [0.15, 0.2) is 6.29 Å². The number of non-ortho nitro benzene ring substituents is 1. The SMILES string of the molecule is O=Cc1cc([N+](=O)[O-])ccc1OCc1cccc(O)c1. The molecule has 0 spiro atoms. The zero-order valence-corrected chi connectivity index (χ0v) is 10.4. The van der Waals surface area contributed by atoms with E-state index in [2.05, 4.69) is 0 Å². The van der Waals surface area contributed by atoms with E-state index in [1.54, 1.807) is 12.1 Å². The zero-order valence-electron chi connectivity index (χ0n) is 10.4. The highest BCUT2D eigenvalue weighted by atomic mass is 16.6. The van der Waals surface area contributed by atoms with E-state index in [0.29, 0.717) is 6.29 Å². The molecule has 0 unspecified atom stereocenters. The molecule has 1 N–H and O–H groups in total. The molecule has 0 fully saturated rings. The van der Waals surface area contributed by atoms with Crippen molar-refractivity contribution in [2.45, 2.75) is 6.61 Å². The van der Waals surface area contributed by atoms with Crippen molar-refractivity contribution in [3.05, 3.63) is 63.7 Å². The highest BCUT2D eigenvalue weighted by molar-refractivity contribution is 5.80. The third kappa shape index (κ3) is 3.11. The van der Waals surface area contributed by atoms with Gasteiger partial charge in [0.25, 0.3) is 5.69 Å². The molecule has 0 bridgehead atoms. The molecule has 0 atom stereocenters. The predicted molar refractivity (Wildman–Crippen MR) is 70.9 cm³/mol. The number of carbonyl (C=O) groups excluding carboxylic acids is 1. The fraction of sp³-hybridized carbons (Fsp3) is 0.0714. The largest absolute Gasteiger partial charge is 0.508 e. The van der Waals surface area contributed by atoms with Crippen LogP contribution in [-0.2, 0) is 6.61 Å². The molecule has 0 amide bonds. The van der Waals surface area contributed by atoms with Crippen LogP contribution >= 0.6 is 0 Å². The summed E-state index contributed by atoms with van der Waals surface area (Å²) in [6, 6.07) is 10.3. The Balaban J connectivity index is 2.17. The van der Waals surface area contributed by atoms with Gasteiger partial charge in [-0.05, 0) is 23.8 Å². The smallest absolute Gasteiger partial charge is 0.270 e. The lowest BCUT2D eigenvalue weighted by molar-refractivity contribution is -0.384. The van der Waals surface area contributed by atoms with Gasteiger partial charge < -0.3 is 9.84 Å². The molecule has 0 saturated heterocycles. The Morgan fingerprint density at radius 2 is 2.05 bits per heavy atom. The van der Waals surface area contributed by atoms with Crippen LogP contribution in [0.15, 0.2) is 42.5 Å². The quantitative estimate of drug-likeness (QED) is 0.514. The molecular weight excluding hydrogens is 262 g/mol. The molecule has 2 aromatic rings. The third-order valence-electron chi connectivity index (χ3n) is 2.64. The standard InChI is InChI=1S/C14H11NO5/c16-8-11-7-12(15(18)19)4-5-14(11)20-9-10-2-1-3-13(17)6-10/h1-8,17H,9H2. The van der Waals surface area contributed by atoms with Gasteiger partial charge in [-0.3, -0.25) is 14.9 Å². The maximum absolute atomic E-state index is 10.9. The summed E-state index contributed by atoms with van der Waals surface area (Å²) in [6.45, 7) is 0.146. The topological polar surface area (TPSA) is 89.7 Å². The Morgan fingerprint density at radius 3 is 2.70 bits per heavy atom.